The fourth-order valence-electron chi connectivity index (χ4n) is 3.33. The van der Waals surface area contributed by atoms with Crippen LogP contribution in [0, 0.1) is 0 Å². The van der Waals surface area contributed by atoms with Gasteiger partial charge in [-0.1, -0.05) is 12.1 Å². The van der Waals surface area contributed by atoms with E-state index < -0.39 is 10.0 Å². The van der Waals surface area contributed by atoms with Crippen LogP contribution in [0.4, 0.5) is 0 Å². The molecule has 8 heteroatoms. The zero-order valence-electron chi connectivity index (χ0n) is 15.7. The van der Waals surface area contributed by atoms with Crippen molar-refractivity contribution < 1.29 is 13.2 Å². The summed E-state index contributed by atoms with van der Waals surface area (Å²) in [5.74, 6) is -0.295. The third-order valence-electron chi connectivity index (χ3n) is 4.90. The molecular formula is C21H21N3O3S2. The fourth-order valence-corrected chi connectivity index (χ4v) is 5.68. The van der Waals surface area contributed by atoms with Gasteiger partial charge in [-0.05, 0) is 53.8 Å². The molecule has 0 saturated carbocycles. The van der Waals surface area contributed by atoms with E-state index in [2.05, 4.69) is 10.3 Å². The Labute approximate surface area is 174 Å². The molecule has 29 heavy (non-hydrogen) atoms. The van der Waals surface area contributed by atoms with Crippen LogP contribution in [0.3, 0.4) is 0 Å². The standard InChI is InChI=1S/C21H21N3O3S2/c25-21(23-11-7-18-5-1-2-10-22-18)16-4-3-6-19(14-16)29(26,27)24-12-8-20-17(15-24)9-13-28-20/h1-6,9-10,13-14H,7-8,11-12,15H2,(H,23,25). The summed E-state index contributed by atoms with van der Waals surface area (Å²) in [4.78, 5) is 18.1. The first-order valence-corrected chi connectivity index (χ1v) is 11.7. The van der Waals surface area contributed by atoms with E-state index in [9.17, 15) is 13.2 Å². The van der Waals surface area contributed by atoms with E-state index in [-0.39, 0.29) is 10.8 Å². The lowest BCUT2D eigenvalue weighted by Gasteiger charge is -2.26. The highest BCUT2D eigenvalue weighted by molar-refractivity contribution is 7.89. The second-order valence-corrected chi connectivity index (χ2v) is 9.75. The summed E-state index contributed by atoms with van der Waals surface area (Å²) in [6, 6.07) is 13.9. The largest absolute Gasteiger partial charge is 0.352 e. The van der Waals surface area contributed by atoms with Crippen molar-refractivity contribution >= 4 is 27.3 Å². The Morgan fingerprint density at radius 1 is 1.17 bits per heavy atom. The predicted octanol–water partition coefficient (Wildman–Crippen LogP) is 2.86. The monoisotopic (exact) mass is 427 g/mol. The van der Waals surface area contributed by atoms with Crippen LogP contribution < -0.4 is 5.32 Å². The van der Waals surface area contributed by atoms with Crippen LogP contribution in [0.1, 0.15) is 26.5 Å². The van der Waals surface area contributed by atoms with Gasteiger partial charge in [0, 0.05) is 48.4 Å². The highest BCUT2D eigenvalue weighted by Gasteiger charge is 2.29. The van der Waals surface area contributed by atoms with Crippen molar-refractivity contribution in [1.82, 2.24) is 14.6 Å². The highest BCUT2D eigenvalue weighted by atomic mass is 32.2. The number of aromatic nitrogens is 1. The van der Waals surface area contributed by atoms with E-state index in [0.29, 0.717) is 31.6 Å². The fraction of sp³-hybridized carbons (Fsp3) is 0.238. The SMILES string of the molecule is O=C(NCCc1ccccn1)c1cccc(S(=O)(=O)N2CCc3sccc3C2)c1. The Bertz CT molecular complexity index is 1110. The number of hydrogen-bond donors (Lipinski definition) is 1. The third-order valence-corrected chi connectivity index (χ3v) is 7.76. The number of nitrogens with zero attached hydrogens (tertiary/aromatic N) is 2. The molecule has 1 aliphatic heterocycles. The molecule has 3 heterocycles. The second kappa shape index (κ2) is 8.44. The quantitative estimate of drug-likeness (QED) is 0.656. The normalized spacial score (nSPS) is 14.3. The number of amides is 1. The molecule has 6 nitrogen and oxygen atoms in total. The lowest BCUT2D eigenvalue weighted by Crippen LogP contribution is -2.35. The summed E-state index contributed by atoms with van der Waals surface area (Å²) >= 11 is 1.67. The molecule has 3 aromatic rings. The molecule has 0 saturated heterocycles. The number of nitrogens with one attached hydrogen (secondary N) is 1. The summed E-state index contributed by atoms with van der Waals surface area (Å²) in [5.41, 5.74) is 2.29. The van der Waals surface area contributed by atoms with Gasteiger partial charge in [0.05, 0.1) is 4.90 Å². The first kappa shape index (κ1) is 19.8. The lowest BCUT2D eigenvalue weighted by atomic mass is 10.1. The van der Waals surface area contributed by atoms with E-state index in [4.69, 9.17) is 0 Å². The van der Waals surface area contributed by atoms with Gasteiger partial charge < -0.3 is 5.32 Å². The number of pyridine rings is 1. The minimum atomic E-state index is -3.65. The van der Waals surface area contributed by atoms with Crippen molar-refractivity contribution in [3.63, 3.8) is 0 Å². The minimum absolute atomic E-state index is 0.147. The Balaban J connectivity index is 1.44. The van der Waals surface area contributed by atoms with Crippen molar-refractivity contribution in [3.8, 4) is 0 Å². The Morgan fingerprint density at radius 2 is 2.07 bits per heavy atom. The number of rotatable bonds is 6. The van der Waals surface area contributed by atoms with Crippen LogP contribution in [0.5, 0.6) is 0 Å². The number of sulfonamides is 1. The topological polar surface area (TPSA) is 79.4 Å². The van der Waals surface area contributed by atoms with Gasteiger partial charge in [0.2, 0.25) is 10.0 Å². The maximum absolute atomic E-state index is 13.1. The van der Waals surface area contributed by atoms with Crippen LogP contribution in [-0.4, -0.2) is 36.7 Å². The highest BCUT2D eigenvalue weighted by Crippen LogP contribution is 2.28. The molecule has 0 spiro atoms. The Hall–Kier alpha value is -2.55. The van der Waals surface area contributed by atoms with E-state index in [1.165, 1.54) is 15.2 Å². The van der Waals surface area contributed by atoms with Gasteiger partial charge >= 0.3 is 0 Å². The van der Waals surface area contributed by atoms with E-state index in [1.54, 1.807) is 35.7 Å². The summed E-state index contributed by atoms with van der Waals surface area (Å²) in [5, 5.41) is 4.83. The molecule has 1 amide bonds. The van der Waals surface area contributed by atoms with Gasteiger partial charge in [-0.25, -0.2) is 8.42 Å². The van der Waals surface area contributed by atoms with Crippen LogP contribution in [0.15, 0.2) is 65.0 Å². The lowest BCUT2D eigenvalue weighted by molar-refractivity contribution is 0.0954. The molecular weight excluding hydrogens is 406 g/mol. The summed E-state index contributed by atoms with van der Waals surface area (Å²) < 4.78 is 27.7. The smallest absolute Gasteiger partial charge is 0.251 e. The number of carbonyl (C=O) groups excluding carboxylic acids is 1. The molecule has 2 aromatic heterocycles. The Kier molecular flexibility index (Phi) is 5.75. The average molecular weight is 428 g/mol. The van der Waals surface area contributed by atoms with Crippen molar-refractivity contribution in [2.75, 3.05) is 13.1 Å². The maximum atomic E-state index is 13.1. The number of thiophene rings is 1. The second-order valence-electron chi connectivity index (χ2n) is 6.81. The molecule has 1 N–H and O–H groups in total. The number of fused-ring (bicyclic) bond motifs is 1. The van der Waals surface area contributed by atoms with Crippen LogP contribution >= 0.6 is 11.3 Å². The molecule has 0 fully saturated rings. The van der Waals surface area contributed by atoms with Crippen LogP contribution in [0.25, 0.3) is 0 Å². The molecule has 0 aliphatic carbocycles. The van der Waals surface area contributed by atoms with Crippen molar-refractivity contribution in [1.29, 1.82) is 0 Å². The van der Waals surface area contributed by atoms with Crippen molar-refractivity contribution in [2.45, 2.75) is 24.3 Å². The molecule has 0 bridgehead atoms. The molecule has 0 radical (unpaired) electrons. The van der Waals surface area contributed by atoms with Gasteiger partial charge in [0.15, 0.2) is 0 Å². The average Bonchev–Trinajstić information content (AvgIpc) is 3.22. The van der Waals surface area contributed by atoms with Gasteiger partial charge in [0.1, 0.15) is 0 Å². The summed E-state index contributed by atoms with van der Waals surface area (Å²) in [6.07, 6.45) is 3.05. The summed E-state index contributed by atoms with van der Waals surface area (Å²) in [7, 11) is -3.65. The van der Waals surface area contributed by atoms with Crippen molar-refractivity contribution in [3.05, 3.63) is 81.8 Å². The third kappa shape index (κ3) is 4.39. The van der Waals surface area contributed by atoms with Crippen LogP contribution in [-0.2, 0) is 29.4 Å². The van der Waals surface area contributed by atoms with E-state index in [1.807, 2.05) is 29.6 Å². The maximum Gasteiger partial charge on any atom is 0.251 e. The van der Waals surface area contributed by atoms with Gasteiger partial charge in [-0.2, -0.15) is 4.31 Å². The molecule has 1 aliphatic rings. The van der Waals surface area contributed by atoms with Gasteiger partial charge in [-0.15, -0.1) is 11.3 Å². The van der Waals surface area contributed by atoms with Crippen LogP contribution in [0.2, 0.25) is 0 Å². The molecule has 4 rings (SSSR count). The van der Waals surface area contributed by atoms with Gasteiger partial charge in [0.25, 0.3) is 5.91 Å². The first-order chi connectivity index (χ1) is 14.0. The Morgan fingerprint density at radius 3 is 2.90 bits per heavy atom. The van der Waals surface area contributed by atoms with Gasteiger partial charge in [-0.3, -0.25) is 9.78 Å². The first-order valence-electron chi connectivity index (χ1n) is 9.37. The number of hydrogen-bond acceptors (Lipinski definition) is 5. The molecule has 0 unspecified atom stereocenters. The number of carbonyl (C=O) groups is 1. The predicted molar refractivity (Wildman–Crippen MR) is 112 cm³/mol. The minimum Gasteiger partial charge on any atom is -0.352 e. The summed E-state index contributed by atoms with van der Waals surface area (Å²) in [6.45, 7) is 1.26. The van der Waals surface area contributed by atoms with E-state index in [0.717, 1.165) is 17.7 Å². The van der Waals surface area contributed by atoms with E-state index >= 15 is 0 Å². The van der Waals surface area contributed by atoms with Crippen molar-refractivity contribution in [2.24, 2.45) is 0 Å². The molecule has 1 aromatic carbocycles. The molecule has 150 valence electrons. The zero-order chi connectivity index (χ0) is 20.3. The number of benzene rings is 1. The zero-order valence-corrected chi connectivity index (χ0v) is 17.4. The molecule has 0 atom stereocenters.